The minimum Gasteiger partial charge on any atom is -0.289 e. The number of carbonyl (C=O) groups excluding carboxylic acids is 1. The van der Waals surface area contributed by atoms with E-state index >= 15 is 0 Å². The van der Waals surface area contributed by atoms with Gasteiger partial charge in [-0.1, -0.05) is 6.42 Å². The lowest BCUT2D eigenvalue weighted by Gasteiger charge is -1.94. The first-order valence-electron chi connectivity index (χ1n) is 4.94. The van der Waals surface area contributed by atoms with E-state index in [9.17, 15) is 4.79 Å². The van der Waals surface area contributed by atoms with Gasteiger partial charge in [0.15, 0.2) is 0 Å². The lowest BCUT2D eigenvalue weighted by atomic mass is 10.1. The summed E-state index contributed by atoms with van der Waals surface area (Å²) in [5.41, 5.74) is 3.53. The van der Waals surface area contributed by atoms with Gasteiger partial charge < -0.3 is 0 Å². The predicted molar refractivity (Wildman–Crippen MR) is 57.2 cm³/mol. The van der Waals surface area contributed by atoms with E-state index in [2.05, 4.69) is 5.43 Å². The van der Waals surface area contributed by atoms with E-state index in [1.807, 2.05) is 6.07 Å². The summed E-state index contributed by atoms with van der Waals surface area (Å²) in [6, 6.07) is 1.99. The standard InChI is InChI=1S/C10H14N2OS/c11-12-10(13)9-6-7-4-2-1-3-5-8(7)14-9/h6H,1-5,11H2,(H,12,13). The molecule has 1 heterocycles. The number of hydrogen-bond acceptors (Lipinski definition) is 3. The molecule has 1 aliphatic rings. The van der Waals surface area contributed by atoms with E-state index in [1.54, 1.807) is 11.3 Å². The van der Waals surface area contributed by atoms with Crippen molar-refractivity contribution in [2.75, 3.05) is 0 Å². The third-order valence-electron chi connectivity index (χ3n) is 2.60. The molecule has 0 bridgehead atoms. The largest absolute Gasteiger partial charge is 0.289 e. The first-order valence-corrected chi connectivity index (χ1v) is 5.75. The highest BCUT2D eigenvalue weighted by Gasteiger charge is 2.15. The first kappa shape index (κ1) is 9.68. The van der Waals surface area contributed by atoms with Crippen LogP contribution in [-0.4, -0.2) is 5.91 Å². The average Bonchev–Trinajstić information content (AvgIpc) is 2.49. The third kappa shape index (κ3) is 1.81. The molecule has 0 aliphatic heterocycles. The summed E-state index contributed by atoms with van der Waals surface area (Å²) >= 11 is 1.59. The van der Waals surface area contributed by atoms with Gasteiger partial charge in [-0.15, -0.1) is 11.3 Å². The highest BCUT2D eigenvalue weighted by Crippen LogP contribution is 2.28. The molecule has 0 aromatic carbocycles. The fraction of sp³-hybridized carbons (Fsp3) is 0.500. The molecule has 0 spiro atoms. The maximum atomic E-state index is 11.3. The molecule has 0 unspecified atom stereocenters. The van der Waals surface area contributed by atoms with Crippen LogP contribution in [0.25, 0.3) is 0 Å². The Labute approximate surface area is 87.3 Å². The number of thiophene rings is 1. The number of nitrogens with two attached hydrogens (primary N) is 1. The van der Waals surface area contributed by atoms with Crippen molar-refractivity contribution in [3.63, 3.8) is 0 Å². The summed E-state index contributed by atoms with van der Waals surface area (Å²) in [6.07, 6.45) is 6.03. The van der Waals surface area contributed by atoms with E-state index in [4.69, 9.17) is 5.84 Å². The molecule has 3 nitrogen and oxygen atoms in total. The second kappa shape index (κ2) is 4.11. The highest BCUT2D eigenvalue weighted by atomic mass is 32.1. The Hall–Kier alpha value is -0.870. The Bertz CT molecular complexity index is 322. The second-order valence-electron chi connectivity index (χ2n) is 3.59. The molecule has 14 heavy (non-hydrogen) atoms. The lowest BCUT2D eigenvalue weighted by Crippen LogP contribution is -2.29. The molecule has 1 aliphatic carbocycles. The molecule has 1 aromatic heterocycles. The molecule has 76 valence electrons. The fourth-order valence-corrected chi connectivity index (χ4v) is 3.01. The Morgan fingerprint density at radius 1 is 1.36 bits per heavy atom. The van der Waals surface area contributed by atoms with Gasteiger partial charge in [-0.05, 0) is 37.3 Å². The molecule has 0 saturated carbocycles. The van der Waals surface area contributed by atoms with Gasteiger partial charge >= 0.3 is 0 Å². The highest BCUT2D eigenvalue weighted by molar-refractivity contribution is 7.14. The third-order valence-corrected chi connectivity index (χ3v) is 3.84. The molecule has 2 rings (SSSR count). The molecule has 4 heteroatoms. The molecule has 0 radical (unpaired) electrons. The van der Waals surface area contributed by atoms with Crippen molar-refractivity contribution >= 4 is 17.2 Å². The molecule has 1 amide bonds. The topological polar surface area (TPSA) is 55.1 Å². The van der Waals surface area contributed by atoms with Gasteiger partial charge in [-0.3, -0.25) is 10.2 Å². The number of amides is 1. The van der Waals surface area contributed by atoms with E-state index in [0.717, 1.165) is 17.7 Å². The number of hydrogen-bond donors (Lipinski definition) is 2. The number of aryl methyl sites for hydroxylation is 2. The van der Waals surface area contributed by atoms with Crippen LogP contribution in [0.3, 0.4) is 0 Å². The van der Waals surface area contributed by atoms with Crippen molar-refractivity contribution in [2.45, 2.75) is 32.1 Å². The van der Waals surface area contributed by atoms with E-state index < -0.39 is 0 Å². The van der Waals surface area contributed by atoms with Crippen LogP contribution in [0.4, 0.5) is 0 Å². The van der Waals surface area contributed by atoms with Crippen LogP contribution in [0.1, 0.15) is 39.4 Å². The van der Waals surface area contributed by atoms with Gasteiger partial charge in [0.05, 0.1) is 4.88 Å². The number of fused-ring (bicyclic) bond motifs is 1. The molecular weight excluding hydrogens is 196 g/mol. The van der Waals surface area contributed by atoms with Gasteiger partial charge in [-0.25, -0.2) is 5.84 Å². The normalized spacial score (nSPS) is 15.8. The molecular formula is C10H14N2OS. The van der Waals surface area contributed by atoms with Crippen molar-refractivity contribution in [3.8, 4) is 0 Å². The van der Waals surface area contributed by atoms with E-state index in [-0.39, 0.29) is 5.91 Å². The van der Waals surface area contributed by atoms with Crippen molar-refractivity contribution in [3.05, 3.63) is 21.4 Å². The number of nitrogen functional groups attached to an aromatic ring is 1. The summed E-state index contributed by atoms with van der Waals surface area (Å²) in [5, 5.41) is 0. The zero-order valence-corrected chi connectivity index (χ0v) is 8.82. The molecule has 0 atom stereocenters. The quantitative estimate of drug-likeness (QED) is 0.320. The van der Waals surface area contributed by atoms with Crippen LogP contribution in [-0.2, 0) is 12.8 Å². The van der Waals surface area contributed by atoms with Crippen LogP contribution < -0.4 is 11.3 Å². The van der Waals surface area contributed by atoms with Gasteiger partial charge in [0, 0.05) is 4.88 Å². The van der Waals surface area contributed by atoms with Crippen molar-refractivity contribution < 1.29 is 4.79 Å². The second-order valence-corrected chi connectivity index (χ2v) is 4.73. The van der Waals surface area contributed by atoms with Crippen LogP contribution in [0.15, 0.2) is 6.07 Å². The predicted octanol–water partition coefficient (Wildman–Crippen LogP) is 1.62. The summed E-state index contributed by atoms with van der Waals surface area (Å²) < 4.78 is 0. The number of nitrogens with one attached hydrogen (secondary N) is 1. The van der Waals surface area contributed by atoms with Crippen molar-refractivity contribution in [2.24, 2.45) is 5.84 Å². The number of carbonyl (C=O) groups is 1. The summed E-state index contributed by atoms with van der Waals surface area (Å²) in [6.45, 7) is 0. The van der Waals surface area contributed by atoms with Gasteiger partial charge in [0.2, 0.25) is 0 Å². The van der Waals surface area contributed by atoms with Gasteiger partial charge in [0.1, 0.15) is 0 Å². The SMILES string of the molecule is NNC(=O)c1cc2c(s1)CCCCC2. The van der Waals surface area contributed by atoms with Gasteiger partial charge in [-0.2, -0.15) is 0 Å². The average molecular weight is 210 g/mol. The van der Waals surface area contributed by atoms with Crippen LogP contribution in [0.2, 0.25) is 0 Å². The Morgan fingerprint density at radius 2 is 2.14 bits per heavy atom. The van der Waals surface area contributed by atoms with Crippen LogP contribution >= 0.6 is 11.3 Å². The number of rotatable bonds is 1. The zero-order chi connectivity index (χ0) is 9.97. The van der Waals surface area contributed by atoms with Crippen molar-refractivity contribution in [1.82, 2.24) is 5.43 Å². The van der Waals surface area contributed by atoms with Crippen molar-refractivity contribution in [1.29, 1.82) is 0 Å². The van der Waals surface area contributed by atoms with Gasteiger partial charge in [0.25, 0.3) is 5.91 Å². The maximum absolute atomic E-state index is 11.3. The molecule has 0 saturated heterocycles. The smallest absolute Gasteiger partial charge is 0.275 e. The Balaban J connectivity index is 2.26. The van der Waals surface area contributed by atoms with Crippen LogP contribution in [0, 0.1) is 0 Å². The molecule has 0 fully saturated rings. The Kier molecular flexibility index (Phi) is 2.84. The first-order chi connectivity index (χ1) is 6.81. The Morgan fingerprint density at radius 3 is 2.93 bits per heavy atom. The van der Waals surface area contributed by atoms with Crippen LogP contribution in [0.5, 0.6) is 0 Å². The number of hydrazine groups is 1. The summed E-state index contributed by atoms with van der Waals surface area (Å²) in [5.74, 6) is 4.94. The monoisotopic (exact) mass is 210 g/mol. The lowest BCUT2D eigenvalue weighted by molar-refractivity contribution is 0.0957. The zero-order valence-electron chi connectivity index (χ0n) is 8.01. The minimum atomic E-state index is -0.164. The molecule has 1 aromatic rings. The minimum absolute atomic E-state index is 0.164. The summed E-state index contributed by atoms with van der Waals surface area (Å²) in [4.78, 5) is 13.4. The fourth-order valence-electron chi connectivity index (χ4n) is 1.85. The summed E-state index contributed by atoms with van der Waals surface area (Å²) in [7, 11) is 0. The van der Waals surface area contributed by atoms with E-state index in [1.165, 1.54) is 29.7 Å². The van der Waals surface area contributed by atoms with E-state index in [0.29, 0.717) is 0 Å². The molecule has 3 N–H and O–H groups in total. The maximum Gasteiger partial charge on any atom is 0.275 e.